The van der Waals surface area contributed by atoms with Gasteiger partial charge in [0, 0.05) is 0 Å². The number of rotatable bonds is 8. The third-order valence-corrected chi connectivity index (χ3v) is 11.1. The molecule has 1 heterocycles. The second-order valence-electron chi connectivity index (χ2n) is 11.1. The molecule has 168 valence electrons. The van der Waals surface area contributed by atoms with Gasteiger partial charge in [-0.05, 0) is 108 Å². The van der Waals surface area contributed by atoms with E-state index >= 15 is 0 Å². The minimum absolute atomic E-state index is 0.0779. The van der Waals surface area contributed by atoms with E-state index in [1.165, 1.54) is 16.7 Å². The molecule has 2 nitrogen and oxygen atoms in total. The second-order valence-corrected chi connectivity index (χ2v) is 15.8. The molecule has 30 heavy (non-hydrogen) atoms. The lowest BCUT2D eigenvalue weighted by Crippen LogP contribution is -2.44. The number of allylic oxidation sites excluding steroid dienone is 4. The zero-order valence-electron chi connectivity index (χ0n) is 20.9. The van der Waals surface area contributed by atoms with Crippen molar-refractivity contribution >= 4 is 8.32 Å². The first-order valence-corrected chi connectivity index (χ1v) is 14.5. The predicted molar refractivity (Wildman–Crippen MR) is 133 cm³/mol. The molecule has 0 radical (unpaired) electrons. The first-order chi connectivity index (χ1) is 13.8. The minimum Gasteiger partial charge on any atom is -0.543 e. The van der Waals surface area contributed by atoms with Crippen LogP contribution in [0.25, 0.3) is 0 Å². The average molecular weight is 429 g/mol. The van der Waals surface area contributed by atoms with Crippen molar-refractivity contribution in [2.75, 3.05) is 0 Å². The summed E-state index contributed by atoms with van der Waals surface area (Å²) >= 11 is 0. The molecule has 1 aliphatic rings. The summed E-state index contributed by atoms with van der Waals surface area (Å²) in [7, 11) is -1.81. The van der Waals surface area contributed by atoms with Crippen molar-refractivity contribution < 1.29 is 9.16 Å². The minimum atomic E-state index is -1.81. The molecular weight excluding hydrogens is 384 g/mol. The van der Waals surface area contributed by atoms with Crippen LogP contribution in [0.4, 0.5) is 0 Å². The summed E-state index contributed by atoms with van der Waals surface area (Å²) in [6, 6.07) is 6.43. The fourth-order valence-electron chi connectivity index (χ4n) is 3.57. The molecule has 0 fully saturated rings. The molecule has 0 spiro atoms. The van der Waals surface area contributed by atoms with Gasteiger partial charge in [0.2, 0.25) is 8.32 Å². The lowest BCUT2D eigenvalue weighted by Gasteiger charge is -2.38. The highest BCUT2D eigenvalue weighted by molar-refractivity contribution is 6.74. The predicted octanol–water partition coefficient (Wildman–Crippen LogP) is 8.63. The molecule has 0 saturated carbocycles. The molecule has 0 bridgehead atoms. The van der Waals surface area contributed by atoms with E-state index in [1.807, 2.05) is 0 Å². The van der Waals surface area contributed by atoms with Gasteiger partial charge in [-0.15, -0.1) is 0 Å². The van der Waals surface area contributed by atoms with Gasteiger partial charge in [-0.1, -0.05) is 44.1 Å². The van der Waals surface area contributed by atoms with E-state index in [4.69, 9.17) is 9.16 Å². The third kappa shape index (κ3) is 7.04. The summed E-state index contributed by atoms with van der Waals surface area (Å²) < 4.78 is 13.0. The molecule has 1 aromatic carbocycles. The van der Waals surface area contributed by atoms with Crippen molar-refractivity contribution in [3.63, 3.8) is 0 Å². The van der Waals surface area contributed by atoms with Crippen molar-refractivity contribution in [1.29, 1.82) is 0 Å². The van der Waals surface area contributed by atoms with E-state index in [1.54, 1.807) is 0 Å². The summed E-state index contributed by atoms with van der Waals surface area (Å²) in [5.74, 6) is 2.04. The Bertz CT molecular complexity index is 779. The van der Waals surface area contributed by atoms with Crippen LogP contribution in [0.3, 0.4) is 0 Å². The Hall–Kier alpha value is -1.48. The average Bonchev–Trinajstić information content (AvgIpc) is 2.60. The van der Waals surface area contributed by atoms with E-state index in [-0.39, 0.29) is 10.6 Å². The Morgan fingerprint density at radius 3 is 2.47 bits per heavy atom. The van der Waals surface area contributed by atoms with E-state index in [0.717, 1.165) is 50.0 Å². The van der Waals surface area contributed by atoms with Crippen LogP contribution in [-0.4, -0.2) is 13.9 Å². The topological polar surface area (TPSA) is 18.5 Å². The fourth-order valence-corrected chi connectivity index (χ4v) is 4.59. The molecule has 0 amide bonds. The number of ether oxygens (including phenoxy) is 1. The van der Waals surface area contributed by atoms with Crippen LogP contribution in [0, 0.1) is 0 Å². The molecule has 3 heteroatoms. The summed E-state index contributed by atoms with van der Waals surface area (Å²) in [6.45, 7) is 20.3. The molecule has 0 N–H and O–H groups in total. The van der Waals surface area contributed by atoms with Gasteiger partial charge < -0.3 is 9.16 Å². The van der Waals surface area contributed by atoms with E-state index in [9.17, 15) is 0 Å². The Labute approximate surface area is 186 Å². The number of aryl methyl sites for hydroxylation is 1. The molecular formula is C27H44O2Si. The molecule has 2 rings (SSSR count). The smallest absolute Gasteiger partial charge is 0.250 e. The van der Waals surface area contributed by atoms with Crippen LogP contribution in [0.1, 0.15) is 86.1 Å². The highest BCUT2D eigenvalue weighted by Crippen LogP contribution is 2.41. The molecule has 1 atom stereocenters. The van der Waals surface area contributed by atoms with E-state index in [0.29, 0.717) is 0 Å². The Kier molecular flexibility index (Phi) is 8.07. The monoisotopic (exact) mass is 428 g/mol. The maximum atomic E-state index is 6.49. The number of hydrogen-bond acceptors (Lipinski definition) is 2. The first-order valence-electron chi connectivity index (χ1n) is 11.6. The van der Waals surface area contributed by atoms with Gasteiger partial charge in [-0.2, -0.15) is 0 Å². The van der Waals surface area contributed by atoms with Gasteiger partial charge in [0.15, 0.2) is 0 Å². The third-order valence-electron chi connectivity index (χ3n) is 6.75. The Morgan fingerprint density at radius 1 is 1.13 bits per heavy atom. The SMILES string of the molecule is CC(C)=CCC/C(C)=C/CCC1(C)CCc2cc(O[Si](C)(C)C(C)(C)C)ccc2O1. The molecule has 1 aromatic rings. The van der Waals surface area contributed by atoms with Crippen LogP contribution in [-0.2, 0) is 6.42 Å². The van der Waals surface area contributed by atoms with Crippen molar-refractivity contribution in [3.8, 4) is 11.5 Å². The van der Waals surface area contributed by atoms with Gasteiger partial charge in [-0.3, -0.25) is 0 Å². The van der Waals surface area contributed by atoms with Crippen LogP contribution < -0.4 is 9.16 Å². The van der Waals surface area contributed by atoms with Crippen molar-refractivity contribution in [2.45, 2.75) is 111 Å². The molecule has 0 aliphatic carbocycles. The van der Waals surface area contributed by atoms with Gasteiger partial charge in [-0.25, -0.2) is 0 Å². The van der Waals surface area contributed by atoms with Gasteiger partial charge >= 0.3 is 0 Å². The standard InChI is InChI=1S/C27H44O2Si/c1-21(2)12-10-13-22(3)14-11-18-27(7)19-17-23-20-24(15-16-25(23)28-27)29-30(8,9)26(4,5)6/h12,14-16,20H,10-11,13,17-19H2,1-9H3/b22-14+. The quantitative estimate of drug-likeness (QED) is 0.305. The Balaban J connectivity index is 1.96. The lowest BCUT2D eigenvalue weighted by atomic mass is 9.88. The van der Waals surface area contributed by atoms with Gasteiger partial charge in [0.05, 0.1) is 0 Å². The first kappa shape index (κ1) is 24.8. The molecule has 1 aliphatic heterocycles. The molecule has 1 unspecified atom stereocenters. The van der Waals surface area contributed by atoms with Crippen molar-refractivity contribution in [2.24, 2.45) is 0 Å². The van der Waals surface area contributed by atoms with Crippen molar-refractivity contribution in [3.05, 3.63) is 47.1 Å². The largest absolute Gasteiger partial charge is 0.543 e. The van der Waals surface area contributed by atoms with Gasteiger partial charge in [0.25, 0.3) is 0 Å². The van der Waals surface area contributed by atoms with Crippen LogP contribution >= 0.6 is 0 Å². The Morgan fingerprint density at radius 2 is 1.83 bits per heavy atom. The number of benzene rings is 1. The van der Waals surface area contributed by atoms with Crippen LogP contribution in [0.5, 0.6) is 11.5 Å². The normalized spacial score (nSPS) is 19.7. The number of fused-ring (bicyclic) bond motifs is 1. The summed E-state index contributed by atoms with van der Waals surface area (Å²) in [5.41, 5.74) is 4.10. The zero-order valence-corrected chi connectivity index (χ0v) is 21.9. The lowest BCUT2D eigenvalue weighted by molar-refractivity contribution is 0.0571. The maximum Gasteiger partial charge on any atom is 0.250 e. The second kappa shape index (κ2) is 9.76. The fraction of sp³-hybridized carbons (Fsp3) is 0.630. The van der Waals surface area contributed by atoms with Crippen molar-refractivity contribution in [1.82, 2.24) is 0 Å². The summed E-state index contributed by atoms with van der Waals surface area (Å²) in [6.07, 6.45) is 11.3. The zero-order chi connectivity index (χ0) is 22.6. The highest BCUT2D eigenvalue weighted by atomic mass is 28.4. The highest BCUT2D eigenvalue weighted by Gasteiger charge is 2.39. The maximum absolute atomic E-state index is 6.49. The van der Waals surface area contributed by atoms with E-state index < -0.39 is 8.32 Å². The van der Waals surface area contributed by atoms with E-state index in [2.05, 4.69) is 91.9 Å². The molecule has 0 aromatic heterocycles. The van der Waals surface area contributed by atoms with Crippen LogP contribution in [0.2, 0.25) is 18.1 Å². The van der Waals surface area contributed by atoms with Crippen LogP contribution in [0.15, 0.2) is 41.5 Å². The van der Waals surface area contributed by atoms with Gasteiger partial charge in [0.1, 0.15) is 17.1 Å². The molecule has 0 saturated heterocycles. The summed E-state index contributed by atoms with van der Waals surface area (Å²) in [4.78, 5) is 0. The summed E-state index contributed by atoms with van der Waals surface area (Å²) in [5, 5.41) is 0.204. The number of hydrogen-bond donors (Lipinski definition) is 0.